The molecule has 0 saturated carbocycles. The Bertz CT molecular complexity index is 918. The third-order valence-electron chi connectivity index (χ3n) is 6.00. The molecule has 5 rings (SSSR count). The number of carbonyl (C=O) groups is 1. The van der Waals surface area contributed by atoms with Gasteiger partial charge in [0.15, 0.2) is 5.69 Å². The zero-order valence-electron chi connectivity index (χ0n) is 14.5. The van der Waals surface area contributed by atoms with Crippen LogP contribution in [-0.2, 0) is 6.42 Å². The van der Waals surface area contributed by atoms with Crippen molar-refractivity contribution in [3.63, 3.8) is 0 Å². The van der Waals surface area contributed by atoms with Crippen LogP contribution < -0.4 is 0 Å². The summed E-state index contributed by atoms with van der Waals surface area (Å²) in [5.41, 5.74) is 1.80. The lowest BCUT2D eigenvalue weighted by atomic mass is 9.84. The summed E-state index contributed by atoms with van der Waals surface area (Å²) >= 11 is 0. The highest BCUT2D eigenvalue weighted by atomic mass is 16.5. The minimum atomic E-state index is 0.0269. The Balaban J connectivity index is 1.35. The lowest BCUT2D eigenvalue weighted by molar-refractivity contribution is 0.0514. The van der Waals surface area contributed by atoms with Crippen molar-refractivity contribution < 1.29 is 9.32 Å². The summed E-state index contributed by atoms with van der Waals surface area (Å²) in [5, 5.41) is 6.34. The quantitative estimate of drug-likeness (QED) is 0.722. The Hall–Kier alpha value is -2.69. The van der Waals surface area contributed by atoms with Crippen LogP contribution in [0, 0.1) is 5.92 Å². The molecular formula is C21H21N3O2. The molecule has 2 aliphatic heterocycles. The number of benzene rings is 1. The van der Waals surface area contributed by atoms with Gasteiger partial charge in [-0.2, -0.15) is 0 Å². The average Bonchev–Trinajstić information content (AvgIpc) is 3.29. The van der Waals surface area contributed by atoms with Crippen molar-refractivity contribution in [2.75, 3.05) is 0 Å². The number of pyridine rings is 1. The van der Waals surface area contributed by atoms with Crippen LogP contribution in [0.15, 0.2) is 53.5 Å². The molecule has 2 saturated heterocycles. The van der Waals surface area contributed by atoms with Gasteiger partial charge in [-0.1, -0.05) is 23.4 Å². The fourth-order valence-electron chi connectivity index (χ4n) is 4.91. The topological polar surface area (TPSA) is 59.2 Å². The number of hydrogen-bond donors (Lipinski definition) is 0. The molecule has 3 aromatic rings. The normalized spacial score (nSPS) is 24.9. The summed E-state index contributed by atoms with van der Waals surface area (Å²) in [6.07, 6.45) is 10.7. The van der Waals surface area contributed by atoms with Gasteiger partial charge in [-0.3, -0.25) is 9.78 Å². The first-order chi connectivity index (χ1) is 12.8. The summed E-state index contributed by atoms with van der Waals surface area (Å²) in [6.45, 7) is 0. The maximum atomic E-state index is 12.8. The van der Waals surface area contributed by atoms with Crippen LogP contribution >= 0.6 is 0 Å². The minimum absolute atomic E-state index is 0.0269. The molecule has 2 aromatic heterocycles. The summed E-state index contributed by atoms with van der Waals surface area (Å²) in [5.74, 6) is 0.638. The van der Waals surface area contributed by atoms with E-state index in [2.05, 4.69) is 39.3 Å². The van der Waals surface area contributed by atoms with Crippen molar-refractivity contribution in [1.82, 2.24) is 15.0 Å². The molecule has 0 aliphatic carbocycles. The number of fused-ring (bicyclic) bond motifs is 3. The molecule has 2 aliphatic rings. The molecule has 2 atom stereocenters. The SMILES string of the molecule is O=C(c1ccon1)N1C2CCC1CC(Cc1cccc3ccncc13)C2. The van der Waals surface area contributed by atoms with E-state index in [4.69, 9.17) is 4.52 Å². The highest BCUT2D eigenvalue weighted by molar-refractivity contribution is 5.92. The highest BCUT2D eigenvalue weighted by Crippen LogP contribution is 2.41. The second kappa shape index (κ2) is 6.24. The molecule has 4 heterocycles. The van der Waals surface area contributed by atoms with E-state index in [1.54, 1.807) is 6.07 Å². The Morgan fingerprint density at radius 2 is 2.00 bits per heavy atom. The van der Waals surface area contributed by atoms with Crippen LogP contribution in [0.4, 0.5) is 0 Å². The van der Waals surface area contributed by atoms with E-state index in [0.29, 0.717) is 23.7 Å². The number of hydrogen-bond acceptors (Lipinski definition) is 4. The second-order valence-electron chi connectivity index (χ2n) is 7.54. The predicted octanol–water partition coefficient (Wildman–Crippen LogP) is 3.85. The average molecular weight is 347 g/mol. The van der Waals surface area contributed by atoms with E-state index in [1.165, 1.54) is 22.6 Å². The van der Waals surface area contributed by atoms with Crippen LogP contribution in [0.2, 0.25) is 0 Å². The number of amides is 1. The van der Waals surface area contributed by atoms with Crippen LogP contribution in [0.1, 0.15) is 41.7 Å². The number of aromatic nitrogens is 2. The van der Waals surface area contributed by atoms with Crippen molar-refractivity contribution in [3.05, 3.63) is 60.2 Å². The lowest BCUT2D eigenvalue weighted by Crippen LogP contribution is -2.47. The molecular weight excluding hydrogens is 326 g/mol. The molecule has 5 nitrogen and oxygen atoms in total. The smallest absolute Gasteiger partial charge is 0.276 e. The van der Waals surface area contributed by atoms with Gasteiger partial charge in [0.2, 0.25) is 0 Å². The first kappa shape index (κ1) is 15.6. The molecule has 0 radical (unpaired) electrons. The van der Waals surface area contributed by atoms with E-state index in [9.17, 15) is 4.79 Å². The van der Waals surface area contributed by atoms with Gasteiger partial charge in [-0.15, -0.1) is 0 Å². The number of nitrogens with zero attached hydrogens (tertiary/aromatic N) is 3. The van der Waals surface area contributed by atoms with Crippen LogP contribution in [0.3, 0.4) is 0 Å². The number of piperidine rings is 1. The highest BCUT2D eigenvalue weighted by Gasteiger charge is 2.43. The van der Waals surface area contributed by atoms with Crippen molar-refractivity contribution in [2.24, 2.45) is 5.92 Å². The molecule has 1 aromatic carbocycles. The largest absolute Gasteiger partial charge is 0.364 e. The second-order valence-corrected chi connectivity index (χ2v) is 7.54. The Morgan fingerprint density at radius 1 is 1.15 bits per heavy atom. The van der Waals surface area contributed by atoms with Crippen LogP contribution in [0.25, 0.3) is 10.8 Å². The van der Waals surface area contributed by atoms with Crippen molar-refractivity contribution in [3.8, 4) is 0 Å². The molecule has 26 heavy (non-hydrogen) atoms. The van der Waals surface area contributed by atoms with Crippen molar-refractivity contribution in [2.45, 2.75) is 44.2 Å². The molecule has 132 valence electrons. The van der Waals surface area contributed by atoms with Gasteiger partial charge < -0.3 is 9.42 Å². The lowest BCUT2D eigenvalue weighted by Gasteiger charge is -2.38. The molecule has 2 unspecified atom stereocenters. The molecule has 5 heteroatoms. The van der Waals surface area contributed by atoms with Gasteiger partial charge in [-0.05, 0) is 55.0 Å². The predicted molar refractivity (Wildman–Crippen MR) is 97.7 cm³/mol. The molecule has 2 bridgehead atoms. The van der Waals surface area contributed by atoms with Gasteiger partial charge >= 0.3 is 0 Å². The van der Waals surface area contributed by atoms with Crippen LogP contribution in [0.5, 0.6) is 0 Å². The molecule has 0 N–H and O–H groups in total. The maximum absolute atomic E-state index is 12.8. The first-order valence-electron chi connectivity index (χ1n) is 9.34. The molecule has 0 spiro atoms. The summed E-state index contributed by atoms with van der Waals surface area (Å²) in [7, 11) is 0. The fourth-order valence-corrected chi connectivity index (χ4v) is 4.91. The van der Waals surface area contributed by atoms with E-state index in [0.717, 1.165) is 32.1 Å². The van der Waals surface area contributed by atoms with Gasteiger partial charge in [0.1, 0.15) is 6.26 Å². The fraction of sp³-hybridized carbons (Fsp3) is 0.381. The Morgan fingerprint density at radius 3 is 2.77 bits per heavy atom. The van der Waals surface area contributed by atoms with Gasteiger partial charge in [-0.25, -0.2) is 0 Å². The maximum Gasteiger partial charge on any atom is 0.276 e. The summed E-state index contributed by atoms with van der Waals surface area (Å²) in [6, 6.07) is 10.9. The summed E-state index contributed by atoms with van der Waals surface area (Å²) in [4.78, 5) is 19.1. The van der Waals surface area contributed by atoms with Gasteiger partial charge in [0.25, 0.3) is 5.91 Å². The van der Waals surface area contributed by atoms with Gasteiger partial charge in [0.05, 0.1) is 0 Å². The third kappa shape index (κ3) is 2.59. The third-order valence-corrected chi connectivity index (χ3v) is 6.00. The van der Waals surface area contributed by atoms with Gasteiger partial charge in [0, 0.05) is 35.9 Å². The van der Waals surface area contributed by atoms with E-state index >= 15 is 0 Å². The standard InChI is InChI=1S/C21H21N3O2/c25-21(20-7-9-26-23-20)24-17-4-5-18(24)12-14(11-17)10-16-3-1-2-15-6-8-22-13-19(15)16/h1-3,6-9,13-14,17-18H,4-5,10-12H2. The molecule has 1 amide bonds. The van der Waals surface area contributed by atoms with Crippen LogP contribution in [-0.4, -0.2) is 33.0 Å². The first-order valence-corrected chi connectivity index (χ1v) is 9.34. The number of rotatable bonds is 3. The van der Waals surface area contributed by atoms with E-state index in [1.807, 2.05) is 12.4 Å². The Kier molecular flexibility index (Phi) is 3.73. The zero-order valence-corrected chi connectivity index (χ0v) is 14.5. The molecule has 2 fully saturated rings. The summed E-state index contributed by atoms with van der Waals surface area (Å²) < 4.78 is 4.85. The zero-order chi connectivity index (χ0) is 17.5. The van der Waals surface area contributed by atoms with E-state index < -0.39 is 0 Å². The minimum Gasteiger partial charge on any atom is -0.364 e. The monoisotopic (exact) mass is 347 g/mol. The number of carbonyl (C=O) groups excluding carboxylic acids is 1. The van der Waals surface area contributed by atoms with Crippen molar-refractivity contribution in [1.29, 1.82) is 0 Å². The van der Waals surface area contributed by atoms with E-state index in [-0.39, 0.29) is 5.91 Å². The van der Waals surface area contributed by atoms with Crippen molar-refractivity contribution >= 4 is 16.7 Å². The Labute approximate surface area is 152 Å².